The van der Waals surface area contributed by atoms with Crippen molar-refractivity contribution in [1.29, 1.82) is 0 Å². The average Bonchev–Trinajstić information content (AvgIpc) is 2.42. The van der Waals surface area contributed by atoms with Gasteiger partial charge in [-0.05, 0) is 44.4 Å². The summed E-state index contributed by atoms with van der Waals surface area (Å²) >= 11 is 0. The fourth-order valence-electron chi connectivity index (χ4n) is 2.37. The van der Waals surface area contributed by atoms with Crippen LogP contribution in [0.3, 0.4) is 0 Å². The summed E-state index contributed by atoms with van der Waals surface area (Å²) in [6.45, 7) is 2.06. The molecule has 1 aromatic rings. The zero-order chi connectivity index (χ0) is 15.5. The van der Waals surface area contributed by atoms with Crippen LogP contribution in [0.1, 0.15) is 36.5 Å². The van der Waals surface area contributed by atoms with Crippen LogP contribution in [0.4, 0.5) is 10.1 Å². The predicted molar refractivity (Wildman–Crippen MR) is 76.6 cm³/mol. The monoisotopic (exact) mass is 294 g/mol. The number of carbonyl (C=O) groups excluding carboxylic acids is 2. The Morgan fingerprint density at radius 2 is 2.10 bits per heavy atom. The highest BCUT2D eigenvalue weighted by atomic mass is 19.1. The Hall–Kier alpha value is -2.11. The van der Waals surface area contributed by atoms with Crippen LogP contribution in [0.5, 0.6) is 0 Å². The van der Waals surface area contributed by atoms with Crippen molar-refractivity contribution in [2.75, 3.05) is 19.0 Å². The van der Waals surface area contributed by atoms with Crippen molar-refractivity contribution >= 4 is 17.6 Å². The second-order valence-corrected chi connectivity index (χ2v) is 5.05. The number of anilines is 1. The molecule has 1 fully saturated rings. The SMILES string of the molecule is CCOC(=O)C1(Nc2ccc(C(=O)NC)c(F)c2)CCC1. The standard InChI is InChI=1S/C15H19FN2O3/c1-3-21-14(20)15(7-4-8-15)18-10-5-6-11(12(16)9-10)13(19)17-2/h5-6,9,18H,3-4,7-8H2,1-2H3,(H,17,19). The molecule has 0 saturated heterocycles. The number of ether oxygens (including phenoxy) is 1. The molecule has 0 heterocycles. The number of esters is 1. The van der Waals surface area contributed by atoms with E-state index in [1.165, 1.54) is 19.2 Å². The Bertz CT molecular complexity index is 556. The number of carbonyl (C=O) groups is 2. The first-order chi connectivity index (χ1) is 10.0. The second-order valence-electron chi connectivity index (χ2n) is 5.05. The smallest absolute Gasteiger partial charge is 0.331 e. The van der Waals surface area contributed by atoms with E-state index in [1.54, 1.807) is 13.0 Å². The van der Waals surface area contributed by atoms with Crippen LogP contribution in [0.25, 0.3) is 0 Å². The van der Waals surface area contributed by atoms with Gasteiger partial charge in [0, 0.05) is 12.7 Å². The summed E-state index contributed by atoms with van der Waals surface area (Å²) in [6, 6.07) is 4.21. The van der Waals surface area contributed by atoms with Crippen LogP contribution in [-0.2, 0) is 9.53 Å². The molecule has 0 aromatic heterocycles. The van der Waals surface area contributed by atoms with Gasteiger partial charge in [0.2, 0.25) is 0 Å². The van der Waals surface area contributed by atoms with Crippen molar-refractivity contribution in [2.24, 2.45) is 0 Å². The third-order valence-electron chi connectivity index (χ3n) is 3.70. The number of rotatable bonds is 5. The molecule has 0 spiro atoms. The molecule has 6 heteroatoms. The van der Waals surface area contributed by atoms with Crippen LogP contribution < -0.4 is 10.6 Å². The van der Waals surface area contributed by atoms with Gasteiger partial charge in [-0.15, -0.1) is 0 Å². The summed E-state index contributed by atoms with van der Waals surface area (Å²) in [6.07, 6.45) is 2.24. The van der Waals surface area contributed by atoms with Crippen LogP contribution >= 0.6 is 0 Å². The van der Waals surface area contributed by atoms with Crippen molar-refractivity contribution in [3.05, 3.63) is 29.6 Å². The number of hydrogen-bond acceptors (Lipinski definition) is 4. The number of hydrogen-bond donors (Lipinski definition) is 2. The van der Waals surface area contributed by atoms with Gasteiger partial charge >= 0.3 is 5.97 Å². The van der Waals surface area contributed by atoms with Crippen molar-refractivity contribution in [1.82, 2.24) is 5.32 Å². The molecule has 5 nitrogen and oxygen atoms in total. The molecule has 0 radical (unpaired) electrons. The van der Waals surface area contributed by atoms with Gasteiger partial charge in [-0.25, -0.2) is 9.18 Å². The van der Waals surface area contributed by atoms with E-state index in [4.69, 9.17) is 4.74 Å². The molecule has 1 amide bonds. The minimum Gasteiger partial charge on any atom is -0.464 e. The Kier molecular flexibility index (Phi) is 4.45. The minimum absolute atomic E-state index is 0.0261. The number of nitrogens with one attached hydrogen (secondary N) is 2. The molecular formula is C15H19FN2O3. The summed E-state index contributed by atoms with van der Waals surface area (Å²) in [4.78, 5) is 23.5. The van der Waals surface area contributed by atoms with Gasteiger partial charge in [-0.1, -0.05) is 0 Å². The number of halogens is 1. The highest BCUT2D eigenvalue weighted by Crippen LogP contribution is 2.36. The molecule has 0 aliphatic heterocycles. The van der Waals surface area contributed by atoms with Crippen LogP contribution in [0.2, 0.25) is 0 Å². The second kappa shape index (κ2) is 6.11. The normalized spacial score (nSPS) is 15.8. The number of benzene rings is 1. The highest BCUT2D eigenvalue weighted by molar-refractivity contribution is 5.94. The predicted octanol–water partition coefficient (Wildman–Crippen LogP) is 2.08. The molecule has 2 rings (SSSR count). The lowest BCUT2D eigenvalue weighted by Gasteiger charge is -2.40. The summed E-state index contributed by atoms with van der Waals surface area (Å²) in [5.74, 6) is -1.42. The topological polar surface area (TPSA) is 67.4 Å². The maximum absolute atomic E-state index is 13.9. The molecule has 114 valence electrons. The van der Waals surface area contributed by atoms with Gasteiger partial charge in [-0.2, -0.15) is 0 Å². The van der Waals surface area contributed by atoms with Crippen molar-refractivity contribution in [3.63, 3.8) is 0 Å². The molecule has 0 unspecified atom stereocenters. The van der Waals surface area contributed by atoms with Gasteiger partial charge in [0.05, 0.1) is 12.2 Å². The van der Waals surface area contributed by atoms with E-state index in [1.807, 2.05) is 0 Å². The summed E-state index contributed by atoms with van der Waals surface area (Å²) < 4.78 is 19.0. The molecular weight excluding hydrogens is 275 g/mol. The molecule has 21 heavy (non-hydrogen) atoms. The van der Waals surface area contributed by atoms with Gasteiger partial charge in [0.25, 0.3) is 5.91 Å². The van der Waals surface area contributed by atoms with E-state index in [-0.39, 0.29) is 11.5 Å². The zero-order valence-corrected chi connectivity index (χ0v) is 12.2. The van der Waals surface area contributed by atoms with E-state index in [0.717, 1.165) is 6.42 Å². The van der Waals surface area contributed by atoms with Gasteiger partial charge in [0.1, 0.15) is 11.4 Å². The minimum atomic E-state index is -0.767. The van der Waals surface area contributed by atoms with E-state index in [9.17, 15) is 14.0 Å². The fraction of sp³-hybridized carbons (Fsp3) is 0.467. The molecule has 2 N–H and O–H groups in total. The van der Waals surface area contributed by atoms with E-state index in [0.29, 0.717) is 25.1 Å². The highest BCUT2D eigenvalue weighted by Gasteiger charge is 2.45. The Balaban J connectivity index is 2.17. The van der Waals surface area contributed by atoms with Gasteiger partial charge in [0.15, 0.2) is 0 Å². The Morgan fingerprint density at radius 1 is 1.38 bits per heavy atom. The average molecular weight is 294 g/mol. The third-order valence-corrected chi connectivity index (χ3v) is 3.70. The maximum atomic E-state index is 13.9. The van der Waals surface area contributed by atoms with Crippen LogP contribution in [-0.4, -0.2) is 31.1 Å². The molecule has 0 bridgehead atoms. The van der Waals surface area contributed by atoms with Crippen molar-refractivity contribution in [3.8, 4) is 0 Å². The first-order valence-corrected chi connectivity index (χ1v) is 6.99. The summed E-state index contributed by atoms with van der Waals surface area (Å²) in [7, 11) is 1.44. The van der Waals surface area contributed by atoms with Crippen molar-refractivity contribution < 1.29 is 18.7 Å². The molecule has 1 aromatic carbocycles. The zero-order valence-electron chi connectivity index (χ0n) is 12.2. The Morgan fingerprint density at radius 3 is 2.57 bits per heavy atom. The first-order valence-electron chi connectivity index (χ1n) is 6.99. The summed E-state index contributed by atoms with van der Waals surface area (Å²) in [5.41, 5.74) is -0.327. The maximum Gasteiger partial charge on any atom is 0.331 e. The largest absolute Gasteiger partial charge is 0.464 e. The molecule has 1 aliphatic rings. The van der Waals surface area contributed by atoms with E-state index >= 15 is 0 Å². The fourth-order valence-corrected chi connectivity index (χ4v) is 2.37. The summed E-state index contributed by atoms with van der Waals surface area (Å²) in [5, 5.41) is 5.43. The van der Waals surface area contributed by atoms with Crippen LogP contribution in [0, 0.1) is 5.82 Å². The van der Waals surface area contributed by atoms with E-state index in [2.05, 4.69) is 10.6 Å². The van der Waals surface area contributed by atoms with Gasteiger partial charge in [-0.3, -0.25) is 4.79 Å². The van der Waals surface area contributed by atoms with E-state index < -0.39 is 17.3 Å². The molecule has 1 saturated carbocycles. The third kappa shape index (κ3) is 2.99. The van der Waals surface area contributed by atoms with Crippen LogP contribution in [0.15, 0.2) is 18.2 Å². The first kappa shape index (κ1) is 15.3. The molecule has 0 atom stereocenters. The van der Waals surface area contributed by atoms with Gasteiger partial charge < -0.3 is 15.4 Å². The lowest BCUT2D eigenvalue weighted by atomic mass is 9.76. The lowest BCUT2D eigenvalue weighted by Crippen LogP contribution is -2.53. The molecule has 1 aliphatic carbocycles. The quantitative estimate of drug-likeness (QED) is 0.816. The Labute approximate surface area is 122 Å². The lowest BCUT2D eigenvalue weighted by molar-refractivity contribution is -0.151. The number of amides is 1. The van der Waals surface area contributed by atoms with Crippen molar-refractivity contribution in [2.45, 2.75) is 31.7 Å².